The van der Waals surface area contributed by atoms with Crippen LogP contribution < -0.4 is 5.32 Å². The molecule has 3 aromatic rings. The average Bonchev–Trinajstić information content (AvgIpc) is 2.87. The number of alkyl halides is 3. The number of hydrogen-bond acceptors (Lipinski definition) is 4. The Balaban J connectivity index is 1.80. The molecule has 23 heavy (non-hydrogen) atoms. The third-order valence-electron chi connectivity index (χ3n) is 3.17. The van der Waals surface area contributed by atoms with Crippen molar-refractivity contribution in [2.75, 3.05) is 5.32 Å². The lowest BCUT2D eigenvalue weighted by atomic mass is 10.2. The summed E-state index contributed by atoms with van der Waals surface area (Å²) >= 11 is 0. The van der Waals surface area contributed by atoms with Crippen molar-refractivity contribution in [1.29, 1.82) is 0 Å². The molecule has 0 aliphatic heterocycles. The first kappa shape index (κ1) is 14.9. The molecule has 1 aromatic carbocycles. The van der Waals surface area contributed by atoms with Gasteiger partial charge in [-0.2, -0.15) is 18.3 Å². The van der Waals surface area contributed by atoms with Crippen LogP contribution in [0.1, 0.15) is 16.2 Å². The van der Waals surface area contributed by atoms with Gasteiger partial charge >= 0.3 is 6.18 Å². The molecule has 9 heteroatoms. The minimum absolute atomic E-state index is 0.0655. The maximum Gasteiger partial charge on any atom is 0.451 e. The van der Waals surface area contributed by atoms with Crippen LogP contribution in [-0.4, -0.2) is 25.7 Å². The molecule has 0 spiro atoms. The number of nitrogens with one attached hydrogen (secondary N) is 1. The lowest BCUT2D eigenvalue weighted by molar-refractivity contribution is -0.145. The third kappa shape index (κ3) is 2.98. The minimum Gasteiger partial charge on any atom is -0.322 e. The van der Waals surface area contributed by atoms with Crippen molar-refractivity contribution >= 4 is 22.5 Å². The van der Waals surface area contributed by atoms with Crippen molar-refractivity contribution < 1.29 is 18.0 Å². The van der Waals surface area contributed by atoms with E-state index in [1.807, 2.05) is 0 Å². The van der Waals surface area contributed by atoms with E-state index < -0.39 is 17.9 Å². The molecule has 0 saturated carbocycles. The van der Waals surface area contributed by atoms with E-state index in [-0.39, 0.29) is 5.56 Å². The fourth-order valence-corrected chi connectivity index (χ4v) is 2.04. The topological polar surface area (TPSA) is 72.7 Å². The van der Waals surface area contributed by atoms with Gasteiger partial charge in [-0.25, -0.2) is 9.97 Å². The van der Waals surface area contributed by atoms with E-state index in [9.17, 15) is 18.0 Å². The number of hydrogen-bond donors (Lipinski definition) is 1. The van der Waals surface area contributed by atoms with Crippen molar-refractivity contribution in [2.24, 2.45) is 7.05 Å². The van der Waals surface area contributed by atoms with Gasteiger partial charge < -0.3 is 5.32 Å². The molecule has 0 aliphatic rings. The highest BCUT2D eigenvalue weighted by Gasteiger charge is 2.34. The third-order valence-corrected chi connectivity index (χ3v) is 3.17. The number of amides is 1. The fraction of sp³-hybridized carbons (Fsp3) is 0.143. The summed E-state index contributed by atoms with van der Waals surface area (Å²) in [5, 5.41) is 7.49. The Morgan fingerprint density at radius 1 is 1.17 bits per heavy atom. The van der Waals surface area contributed by atoms with Gasteiger partial charge in [0.2, 0.25) is 5.82 Å². The Bertz CT molecular complexity index is 870. The van der Waals surface area contributed by atoms with Crippen molar-refractivity contribution in [3.05, 3.63) is 48.2 Å². The minimum atomic E-state index is -4.64. The molecule has 1 N–H and O–H groups in total. The van der Waals surface area contributed by atoms with Gasteiger partial charge in [0.25, 0.3) is 5.91 Å². The number of nitrogens with zero attached hydrogens (tertiary/aromatic N) is 4. The first-order valence-corrected chi connectivity index (χ1v) is 6.47. The number of benzene rings is 1. The SMILES string of the molecule is Cn1ncc2cc(NC(=O)c3cnc(C(F)(F)F)nc3)ccc21. The summed E-state index contributed by atoms with van der Waals surface area (Å²) < 4.78 is 38.8. The lowest BCUT2D eigenvalue weighted by Gasteiger charge is -2.07. The highest BCUT2D eigenvalue weighted by molar-refractivity contribution is 6.04. The Kier molecular flexibility index (Phi) is 3.47. The van der Waals surface area contributed by atoms with Gasteiger partial charge in [0, 0.05) is 30.5 Å². The van der Waals surface area contributed by atoms with Crippen LogP contribution in [0.5, 0.6) is 0 Å². The highest BCUT2D eigenvalue weighted by Crippen LogP contribution is 2.25. The van der Waals surface area contributed by atoms with Crippen LogP contribution >= 0.6 is 0 Å². The Morgan fingerprint density at radius 2 is 1.87 bits per heavy atom. The molecule has 2 aromatic heterocycles. The molecule has 6 nitrogen and oxygen atoms in total. The normalized spacial score (nSPS) is 11.7. The van der Waals surface area contributed by atoms with Gasteiger partial charge in [0.05, 0.1) is 17.3 Å². The molecule has 0 bridgehead atoms. The van der Waals surface area contributed by atoms with Crippen molar-refractivity contribution in [3.8, 4) is 0 Å². The predicted octanol–water partition coefficient (Wildman–Crippen LogP) is 2.63. The molecular formula is C14H10F3N5O. The van der Waals surface area contributed by atoms with Crippen LogP contribution in [0.15, 0.2) is 36.8 Å². The second kappa shape index (κ2) is 5.34. The van der Waals surface area contributed by atoms with E-state index in [1.165, 1.54) is 0 Å². The van der Waals surface area contributed by atoms with E-state index in [4.69, 9.17) is 0 Å². The van der Waals surface area contributed by atoms with Crippen molar-refractivity contribution in [2.45, 2.75) is 6.18 Å². The smallest absolute Gasteiger partial charge is 0.322 e. The molecule has 3 rings (SSSR count). The number of rotatable bonds is 2. The van der Waals surface area contributed by atoms with E-state index in [0.29, 0.717) is 5.69 Å². The van der Waals surface area contributed by atoms with Crippen LogP contribution in [0.2, 0.25) is 0 Å². The number of carbonyl (C=O) groups excluding carboxylic acids is 1. The molecule has 0 fully saturated rings. The first-order chi connectivity index (χ1) is 10.8. The summed E-state index contributed by atoms with van der Waals surface area (Å²) in [6.07, 6.45) is -1.31. The summed E-state index contributed by atoms with van der Waals surface area (Å²) in [4.78, 5) is 18.3. The molecule has 0 atom stereocenters. The number of carbonyl (C=O) groups is 1. The molecule has 118 valence electrons. The summed E-state index contributed by atoms with van der Waals surface area (Å²) in [5.41, 5.74) is 1.32. The molecule has 0 unspecified atom stereocenters. The standard InChI is InChI=1S/C14H10F3N5O/c1-22-11-3-2-10(4-8(11)7-20-22)21-12(23)9-5-18-13(19-6-9)14(15,16)17/h2-7H,1H3,(H,21,23). The summed E-state index contributed by atoms with van der Waals surface area (Å²) in [6, 6.07) is 5.17. The summed E-state index contributed by atoms with van der Waals surface area (Å²) in [5.74, 6) is -1.88. The van der Waals surface area contributed by atoms with E-state index in [2.05, 4.69) is 20.4 Å². The lowest BCUT2D eigenvalue weighted by Crippen LogP contribution is -2.16. The maximum atomic E-state index is 12.4. The zero-order valence-corrected chi connectivity index (χ0v) is 11.8. The predicted molar refractivity (Wildman–Crippen MR) is 75.7 cm³/mol. The number of halogens is 3. The molecule has 2 heterocycles. The number of aryl methyl sites for hydroxylation is 1. The summed E-state index contributed by atoms with van der Waals surface area (Å²) in [7, 11) is 1.79. The highest BCUT2D eigenvalue weighted by atomic mass is 19.4. The molecule has 0 radical (unpaired) electrons. The Hall–Kier alpha value is -2.97. The van der Waals surface area contributed by atoms with Gasteiger partial charge in [0.15, 0.2) is 0 Å². The van der Waals surface area contributed by atoms with Crippen LogP contribution in [0.25, 0.3) is 10.9 Å². The average molecular weight is 321 g/mol. The van der Waals surface area contributed by atoms with E-state index in [0.717, 1.165) is 23.3 Å². The van der Waals surface area contributed by atoms with Gasteiger partial charge in [-0.3, -0.25) is 9.48 Å². The summed E-state index contributed by atoms with van der Waals surface area (Å²) in [6.45, 7) is 0. The zero-order valence-electron chi connectivity index (χ0n) is 11.8. The van der Waals surface area contributed by atoms with Crippen molar-refractivity contribution in [3.63, 3.8) is 0 Å². The Morgan fingerprint density at radius 3 is 2.52 bits per heavy atom. The molecular weight excluding hydrogens is 311 g/mol. The van der Waals surface area contributed by atoms with Crippen LogP contribution in [0.3, 0.4) is 0 Å². The molecule has 1 amide bonds. The quantitative estimate of drug-likeness (QED) is 0.787. The van der Waals surface area contributed by atoms with E-state index in [1.54, 1.807) is 36.1 Å². The van der Waals surface area contributed by atoms with Crippen LogP contribution in [0.4, 0.5) is 18.9 Å². The second-order valence-electron chi connectivity index (χ2n) is 4.79. The number of anilines is 1. The van der Waals surface area contributed by atoms with Gasteiger partial charge in [-0.05, 0) is 18.2 Å². The van der Waals surface area contributed by atoms with Crippen LogP contribution in [0, 0.1) is 0 Å². The van der Waals surface area contributed by atoms with Gasteiger partial charge in [-0.15, -0.1) is 0 Å². The van der Waals surface area contributed by atoms with Crippen molar-refractivity contribution in [1.82, 2.24) is 19.7 Å². The van der Waals surface area contributed by atoms with Gasteiger partial charge in [0.1, 0.15) is 0 Å². The molecule has 0 saturated heterocycles. The number of fused-ring (bicyclic) bond motifs is 1. The first-order valence-electron chi connectivity index (χ1n) is 6.47. The Labute approximate surface area is 128 Å². The largest absolute Gasteiger partial charge is 0.451 e. The second-order valence-corrected chi connectivity index (χ2v) is 4.79. The fourth-order valence-electron chi connectivity index (χ4n) is 2.04. The van der Waals surface area contributed by atoms with Gasteiger partial charge in [-0.1, -0.05) is 0 Å². The molecule has 0 aliphatic carbocycles. The van der Waals surface area contributed by atoms with Crippen LogP contribution in [-0.2, 0) is 13.2 Å². The number of aromatic nitrogens is 4. The zero-order chi connectivity index (χ0) is 16.6. The monoisotopic (exact) mass is 321 g/mol. The maximum absolute atomic E-state index is 12.4. The van der Waals surface area contributed by atoms with E-state index >= 15 is 0 Å².